The first-order valence-corrected chi connectivity index (χ1v) is 12.8. The van der Waals surface area contributed by atoms with E-state index in [0.717, 1.165) is 11.1 Å². The lowest BCUT2D eigenvalue weighted by molar-refractivity contribution is 0.249. The number of anilines is 1. The first-order chi connectivity index (χ1) is 19.5. The maximum Gasteiger partial charge on any atom is 0.319 e. The summed E-state index contributed by atoms with van der Waals surface area (Å²) in [5.74, 6) is 0.506. The van der Waals surface area contributed by atoms with Crippen molar-refractivity contribution in [2.24, 2.45) is 0 Å². The van der Waals surface area contributed by atoms with Gasteiger partial charge in [-0.15, -0.1) is 10.2 Å². The van der Waals surface area contributed by atoms with Crippen LogP contribution in [0.4, 0.5) is 14.9 Å². The second-order valence-electron chi connectivity index (χ2n) is 9.51. The Kier molecular flexibility index (Phi) is 6.53. The van der Waals surface area contributed by atoms with Gasteiger partial charge in [-0.25, -0.2) is 9.18 Å². The highest BCUT2D eigenvalue weighted by Gasteiger charge is 2.18. The smallest absolute Gasteiger partial charge is 0.319 e. The van der Waals surface area contributed by atoms with E-state index in [9.17, 15) is 14.0 Å². The van der Waals surface area contributed by atoms with E-state index in [4.69, 9.17) is 0 Å². The van der Waals surface area contributed by atoms with E-state index in [1.807, 2.05) is 72.0 Å². The average Bonchev–Trinajstić information content (AvgIpc) is 3.41. The van der Waals surface area contributed by atoms with Gasteiger partial charge in [0.15, 0.2) is 5.82 Å². The van der Waals surface area contributed by atoms with Crippen molar-refractivity contribution < 1.29 is 9.18 Å². The number of benzene rings is 4. The van der Waals surface area contributed by atoms with Gasteiger partial charge in [-0.05, 0) is 66.6 Å². The molecule has 1 atom stereocenters. The second-order valence-corrected chi connectivity index (χ2v) is 9.51. The molecule has 0 aliphatic rings. The number of aromatic nitrogens is 4. The molecule has 0 radical (unpaired) electrons. The molecule has 0 saturated carbocycles. The molecule has 40 heavy (non-hydrogen) atoms. The quantitative estimate of drug-likeness (QED) is 0.284. The zero-order chi connectivity index (χ0) is 27.6. The Hall–Kier alpha value is -5.31. The molecule has 0 fully saturated rings. The highest BCUT2D eigenvalue weighted by molar-refractivity contribution is 5.89. The molecule has 0 unspecified atom stereocenters. The summed E-state index contributed by atoms with van der Waals surface area (Å²) < 4.78 is 17.0. The third-order valence-corrected chi connectivity index (χ3v) is 6.78. The molecule has 6 rings (SSSR count). The summed E-state index contributed by atoms with van der Waals surface area (Å²) in [4.78, 5) is 26.3. The number of nitrogens with one attached hydrogen (secondary N) is 2. The van der Waals surface area contributed by atoms with Gasteiger partial charge in [0.1, 0.15) is 5.82 Å². The Morgan fingerprint density at radius 3 is 2.45 bits per heavy atom. The third kappa shape index (κ3) is 4.80. The standard InChI is InChI=1S/C31H25FN6O2/c1-20(22-9-3-2-4-10-22)33-30(40)34-25-11-7-8-21(18-25)19-37-29(39)26-12-5-6-13-27(26)38-28(35-36-31(37)38)23-14-16-24(32)17-15-23/h2-18,20H,19H2,1H3,(H2,33,34,40)/t20-/m0/s1. The number of rotatable bonds is 6. The van der Waals surface area contributed by atoms with Crippen molar-refractivity contribution in [3.8, 4) is 11.4 Å². The highest BCUT2D eigenvalue weighted by atomic mass is 19.1. The number of urea groups is 1. The van der Waals surface area contributed by atoms with Gasteiger partial charge in [-0.3, -0.25) is 13.8 Å². The van der Waals surface area contributed by atoms with Crippen LogP contribution >= 0.6 is 0 Å². The number of halogens is 1. The van der Waals surface area contributed by atoms with Gasteiger partial charge >= 0.3 is 6.03 Å². The van der Waals surface area contributed by atoms with Gasteiger partial charge in [-0.2, -0.15) is 0 Å². The highest BCUT2D eigenvalue weighted by Crippen LogP contribution is 2.23. The molecule has 0 aliphatic carbocycles. The van der Waals surface area contributed by atoms with E-state index in [-0.39, 0.29) is 30.0 Å². The van der Waals surface area contributed by atoms with E-state index >= 15 is 0 Å². The van der Waals surface area contributed by atoms with Gasteiger partial charge in [0, 0.05) is 11.3 Å². The molecule has 0 aliphatic heterocycles. The second kappa shape index (κ2) is 10.5. The fourth-order valence-electron chi connectivity index (χ4n) is 4.81. The van der Waals surface area contributed by atoms with Gasteiger partial charge < -0.3 is 10.6 Å². The zero-order valence-electron chi connectivity index (χ0n) is 21.6. The van der Waals surface area contributed by atoms with E-state index in [2.05, 4.69) is 20.8 Å². The SMILES string of the molecule is C[C@H](NC(=O)Nc1cccc(Cn2c(=O)c3ccccc3n3c(-c4ccc(F)cc4)nnc23)c1)c1ccccc1. The van der Waals surface area contributed by atoms with Crippen LogP contribution in [0.25, 0.3) is 28.1 Å². The molecule has 2 heterocycles. The molecular formula is C31H25FN6O2. The van der Waals surface area contributed by atoms with Crippen molar-refractivity contribution in [2.45, 2.75) is 19.5 Å². The average molecular weight is 533 g/mol. The molecule has 0 bridgehead atoms. The topological polar surface area (TPSA) is 93.3 Å². The normalized spacial score (nSPS) is 11.9. The van der Waals surface area contributed by atoms with Crippen LogP contribution in [-0.2, 0) is 6.54 Å². The van der Waals surface area contributed by atoms with Crippen LogP contribution in [0.3, 0.4) is 0 Å². The predicted octanol–water partition coefficient (Wildman–Crippen LogP) is 5.78. The van der Waals surface area contributed by atoms with Crippen LogP contribution in [0.5, 0.6) is 0 Å². The number of nitrogens with zero attached hydrogens (tertiary/aromatic N) is 4. The van der Waals surface area contributed by atoms with Crippen LogP contribution in [0.2, 0.25) is 0 Å². The van der Waals surface area contributed by atoms with Crippen molar-refractivity contribution in [1.29, 1.82) is 0 Å². The summed E-state index contributed by atoms with van der Waals surface area (Å²) in [5.41, 5.74) is 3.50. The first-order valence-electron chi connectivity index (χ1n) is 12.8. The lowest BCUT2D eigenvalue weighted by atomic mass is 10.1. The van der Waals surface area contributed by atoms with Gasteiger partial charge in [0.25, 0.3) is 5.56 Å². The summed E-state index contributed by atoms with van der Waals surface area (Å²) in [6.07, 6.45) is 0. The Bertz CT molecular complexity index is 1900. The molecule has 4 aromatic carbocycles. The molecule has 2 aromatic heterocycles. The van der Waals surface area contributed by atoms with Crippen molar-refractivity contribution in [3.63, 3.8) is 0 Å². The Morgan fingerprint density at radius 1 is 0.900 bits per heavy atom. The first kappa shape index (κ1) is 25.0. The Labute approximate surface area is 228 Å². The molecule has 2 amide bonds. The minimum atomic E-state index is -0.351. The van der Waals surface area contributed by atoms with E-state index in [0.29, 0.717) is 33.8 Å². The number of hydrogen-bond acceptors (Lipinski definition) is 4. The molecule has 0 spiro atoms. The van der Waals surface area contributed by atoms with Gasteiger partial charge in [-0.1, -0.05) is 54.6 Å². The number of hydrogen-bond donors (Lipinski definition) is 2. The van der Waals surface area contributed by atoms with Gasteiger partial charge in [0.2, 0.25) is 5.78 Å². The number of carbonyl (C=O) groups is 1. The predicted molar refractivity (Wildman–Crippen MR) is 153 cm³/mol. The lowest BCUT2D eigenvalue weighted by Gasteiger charge is -2.16. The molecule has 2 N–H and O–H groups in total. The number of para-hydroxylation sites is 1. The Balaban J connectivity index is 1.33. The van der Waals surface area contributed by atoms with Crippen molar-refractivity contribution in [1.82, 2.24) is 24.5 Å². The minimum Gasteiger partial charge on any atom is -0.331 e. The van der Waals surface area contributed by atoms with E-state index in [1.165, 1.54) is 12.1 Å². The summed E-state index contributed by atoms with van der Waals surface area (Å²) in [6.45, 7) is 2.12. The monoisotopic (exact) mass is 532 g/mol. The molecule has 9 heteroatoms. The van der Waals surface area contributed by atoms with Gasteiger partial charge in [0.05, 0.1) is 23.5 Å². The van der Waals surface area contributed by atoms with Crippen LogP contribution in [-0.4, -0.2) is 25.2 Å². The summed E-state index contributed by atoms with van der Waals surface area (Å²) in [6, 6.07) is 29.8. The Morgan fingerprint density at radius 2 is 1.65 bits per heavy atom. The number of carbonyl (C=O) groups excluding carboxylic acids is 1. The van der Waals surface area contributed by atoms with E-state index in [1.54, 1.807) is 34.9 Å². The van der Waals surface area contributed by atoms with Crippen LogP contribution in [0.1, 0.15) is 24.1 Å². The maximum atomic E-state index is 13.6. The summed E-state index contributed by atoms with van der Waals surface area (Å²) >= 11 is 0. The molecule has 8 nitrogen and oxygen atoms in total. The number of fused-ring (bicyclic) bond motifs is 3. The van der Waals surface area contributed by atoms with Crippen molar-refractivity contribution in [3.05, 3.63) is 130 Å². The van der Waals surface area contributed by atoms with Crippen LogP contribution in [0.15, 0.2) is 108 Å². The molecule has 0 saturated heterocycles. The van der Waals surface area contributed by atoms with Crippen molar-refractivity contribution in [2.75, 3.05) is 5.32 Å². The van der Waals surface area contributed by atoms with Crippen LogP contribution < -0.4 is 16.2 Å². The maximum absolute atomic E-state index is 13.6. The molecule has 6 aromatic rings. The summed E-state index contributed by atoms with van der Waals surface area (Å²) in [7, 11) is 0. The third-order valence-electron chi connectivity index (χ3n) is 6.78. The number of amides is 2. The lowest BCUT2D eigenvalue weighted by Crippen LogP contribution is -2.31. The van der Waals surface area contributed by atoms with E-state index < -0.39 is 0 Å². The molecular weight excluding hydrogens is 507 g/mol. The largest absolute Gasteiger partial charge is 0.331 e. The molecule has 198 valence electrons. The zero-order valence-corrected chi connectivity index (χ0v) is 21.6. The summed E-state index contributed by atoms with van der Waals surface area (Å²) in [5, 5.41) is 15.0. The van der Waals surface area contributed by atoms with Crippen LogP contribution in [0, 0.1) is 5.82 Å². The van der Waals surface area contributed by atoms with Crippen molar-refractivity contribution >= 4 is 28.4 Å². The fourth-order valence-corrected chi connectivity index (χ4v) is 4.81. The fraction of sp³-hybridized carbons (Fsp3) is 0.0968. The minimum absolute atomic E-state index is 0.169.